The van der Waals surface area contributed by atoms with E-state index in [0.717, 1.165) is 0 Å². The zero-order chi connectivity index (χ0) is 13.8. The van der Waals surface area contributed by atoms with Crippen molar-refractivity contribution >= 4 is 0 Å². The van der Waals surface area contributed by atoms with Crippen molar-refractivity contribution in [3.05, 3.63) is 34.9 Å². The standard InChI is InChI=1S/C19H29N/c1-2-12-20-15-19(10-3-4-11-19)14-16-8-9-17-6-5-7-18(17)13-16/h8-9,13,20H,2-7,10-12,14-15H2,1H3. The van der Waals surface area contributed by atoms with E-state index in [0.29, 0.717) is 5.41 Å². The molecule has 1 aromatic carbocycles. The van der Waals surface area contributed by atoms with Gasteiger partial charge in [-0.15, -0.1) is 0 Å². The van der Waals surface area contributed by atoms with Crippen LogP contribution in [0.3, 0.4) is 0 Å². The molecule has 2 aliphatic carbocycles. The van der Waals surface area contributed by atoms with Crippen LogP contribution in [0.4, 0.5) is 0 Å². The summed E-state index contributed by atoms with van der Waals surface area (Å²) in [7, 11) is 0. The normalized spacial score (nSPS) is 20.2. The summed E-state index contributed by atoms with van der Waals surface area (Å²) >= 11 is 0. The van der Waals surface area contributed by atoms with Gasteiger partial charge in [0.05, 0.1) is 0 Å². The number of fused-ring (bicyclic) bond motifs is 1. The van der Waals surface area contributed by atoms with Crippen molar-refractivity contribution in [2.45, 2.75) is 64.7 Å². The molecule has 0 amide bonds. The van der Waals surface area contributed by atoms with Crippen LogP contribution in [-0.4, -0.2) is 13.1 Å². The molecule has 1 nitrogen and oxygen atoms in total. The van der Waals surface area contributed by atoms with Crippen LogP contribution in [0.25, 0.3) is 0 Å². The molecule has 1 saturated carbocycles. The fraction of sp³-hybridized carbons (Fsp3) is 0.684. The summed E-state index contributed by atoms with van der Waals surface area (Å²) in [4.78, 5) is 0. The van der Waals surface area contributed by atoms with Gasteiger partial charge in [0.15, 0.2) is 0 Å². The van der Waals surface area contributed by atoms with Crippen molar-refractivity contribution in [1.82, 2.24) is 5.32 Å². The second kappa shape index (κ2) is 6.30. The maximum absolute atomic E-state index is 3.69. The molecule has 20 heavy (non-hydrogen) atoms. The third-order valence-electron chi connectivity index (χ3n) is 5.33. The first-order valence-electron chi connectivity index (χ1n) is 8.63. The maximum atomic E-state index is 3.69. The van der Waals surface area contributed by atoms with E-state index in [1.54, 1.807) is 16.7 Å². The Balaban J connectivity index is 1.69. The molecule has 0 heterocycles. The molecule has 0 saturated heterocycles. The number of rotatable bonds is 6. The Labute approximate surface area is 124 Å². The molecular weight excluding hydrogens is 242 g/mol. The van der Waals surface area contributed by atoms with Crippen LogP contribution in [0.2, 0.25) is 0 Å². The van der Waals surface area contributed by atoms with E-state index in [4.69, 9.17) is 0 Å². The molecule has 0 atom stereocenters. The van der Waals surface area contributed by atoms with E-state index in [2.05, 4.69) is 30.4 Å². The Hall–Kier alpha value is -0.820. The van der Waals surface area contributed by atoms with Gasteiger partial charge in [0.25, 0.3) is 0 Å². The SMILES string of the molecule is CCCNCC1(Cc2ccc3c(c2)CCC3)CCCC1. The van der Waals surface area contributed by atoms with E-state index in [9.17, 15) is 0 Å². The first-order chi connectivity index (χ1) is 9.81. The molecule has 2 aliphatic rings. The fourth-order valence-electron chi connectivity index (χ4n) is 4.24. The molecule has 1 N–H and O–H groups in total. The van der Waals surface area contributed by atoms with Crippen molar-refractivity contribution in [3.63, 3.8) is 0 Å². The molecule has 0 radical (unpaired) electrons. The highest BCUT2D eigenvalue weighted by Crippen LogP contribution is 2.41. The Morgan fingerprint density at radius 3 is 2.65 bits per heavy atom. The average molecular weight is 271 g/mol. The first-order valence-corrected chi connectivity index (χ1v) is 8.63. The van der Waals surface area contributed by atoms with Gasteiger partial charge in [-0.05, 0) is 73.6 Å². The van der Waals surface area contributed by atoms with Gasteiger partial charge < -0.3 is 5.32 Å². The minimum atomic E-state index is 0.544. The highest BCUT2D eigenvalue weighted by molar-refractivity contribution is 5.35. The lowest BCUT2D eigenvalue weighted by atomic mass is 9.79. The van der Waals surface area contributed by atoms with E-state index >= 15 is 0 Å². The zero-order valence-corrected chi connectivity index (χ0v) is 13.0. The Kier molecular flexibility index (Phi) is 4.45. The second-order valence-electron chi connectivity index (χ2n) is 7.02. The summed E-state index contributed by atoms with van der Waals surface area (Å²) in [6, 6.07) is 7.33. The smallest absolute Gasteiger partial charge is 0.00110 e. The average Bonchev–Trinajstić information content (AvgIpc) is 3.08. The van der Waals surface area contributed by atoms with Crippen LogP contribution < -0.4 is 5.32 Å². The van der Waals surface area contributed by atoms with Gasteiger partial charge in [0.1, 0.15) is 0 Å². The van der Waals surface area contributed by atoms with Crippen LogP contribution in [0, 0.1) is 5.41 Å². The monoisotopic (exact) mass is 271 g/mol. The molecule has 0 bridgehead atoms. The van der Waals surface area contributed by atoms with Crippen LogP contribution in [0.1, 0.15) is 62.1 Å². The van der Waals surface area contributed by atoms with Gasteiger partial charge in [-0.3, -0.25) is 0 Å². The van der Waals surface area contributed by atoms with E-state index in [-0.39, 0.29) is 0 Å². The predicted molar refractivity (Wildman–Crippen MR) is 86.2 cm³/mol. The van der Waals surface area contributed by atoms with E-state index < -0.39 is 0 Å². The first kappa shape index (κ1) is 14.1. The molecule has 3 rings (SSSR count). The van der Waals surface area contributed by atoms with Crippen LogP contribution >= 0.6 is 0 Å². The van der Waals surface area contributed by atoms with Crippen molar-refractivity contribution < 1.29 is 0 Å². The topological polar surface area (TPSA) is 12.0 Å². The van der Waals surface area contributed by atoms with Crippen LogP contribution in [0.15, 0.2) is 18.2 Å². The van der Waals surface area contributed by atoms with Crippen LogP contribution in [0.5, 0.6) is 0 Å². The van der Waals surface area contributed by atoms with Crippen molar-refractivity contribution in [2.24, 2.45) is 5.41 Å². The van der Waals surface area contributed by atoms with Gasteiger partial charge in [-0.2, -0.15) is 0 Å². The molecule has 1 heteroatoms. The molecule has 1 fully saturated rings. The minimum Gasteiger partial charge on any atom is -0.316 e. The Morgan fingerprint density at radius 1 is 1.05 bits per heavy atom. The highest BCUT2D eigenvalue weighted by Gasteiger charge is 2.33. The highest BCUT2D eigenvalue weighted by atomic mass is 14.9. The number of benzene rings is 1. The summed E-state index contributed by atoms with van der Waals surface area (Å²) in [6.07, 6.45) is 12.2. The summed E-state index contributed by atoms with van der Waals surface area (Å²) < 4.78 is 0. The zero-order valence-electron chi connectivity index (χ0n) is 13.0. The predicted octanol–water partition coefficient (Wildman–Crippen LogP) is 4.28. The molecule has 110 valence electrons. The fourth-order valence-corrected chi connectivity index (χ4v) is 4.24. The third kappa shape index (κ3) is 3.09. The molecule has 0 unspecified atom stereocenters. The Bertz CT molecular complexity index is 443. The van der Waals surface area contributed by atoms with Gasteiger partial charge in [0.2, 0.25) is 0 Å². The number of aryl methyl sites for hydroxylation is 2. The second-order valence-corrected chi connectivity index (χ2v) is 7.02. The number of hydrogen-bond acceptors (Lipinski definition) is 1. The number of nitrogens with one attached hydrogen (secondary N) is 1. The summed E-state index contributed by atoms with van der Waals surface area (Å²) in [5, 5.41) is 3.69. The lowest BCUT2D eigenvalue weighted by Crippen LogP contribution is -2.34. The van der Waals surface area contributed by atoms with Crippen molar-refractivity contribution in [1.29, 1.82) is 0 Å². The van der Waals surface area contributed by atoms with Gasteiger partial charge in [-0.25, -0.2) is 0 Å². The summed E-state index contributed by atoms with van der Waals surface area (Å²) in [5.41, 5.74) is 5.38. The molecule has 0 aromatic heterocycles. The lowest BCUT2D eigenvalue weighted by molar-refractivity contribution is 0.278. The van der Waals surface area contributed by atoms with Gasteiger partial charge in [-0.1, -0.05) is 38.0 Å². The van der Waals surface area contributed by atoms with E-state index in [1.165, 1.54) is 70.9 Å². The van der Waals surface area contributed by atoms with Gasteiger partial charge in [0, 0.05) is 6.54 Å². The Morgan fingerprint density at radius 2 is 1.85 bits per heavy atom. The van der Waals surface area contributed by atoms with Crippen LogP contribution in [-0.2, 0) is 19.3 Å². The maximum Gasteiger partial charge on any atom is 0.00110 e. The molecule has 0 aliphatic heterocycles. The largest absolute Gasteiger partial charge is 0.316 e. The summed E-state index contributed by atoms with van der Waals surface area (Å²) in [5.74, 6) is 0. The quantitative estimate of drug-likeness (QED) is 0.762. The molecular formula is C19H29N. The van der Waals surface area contributed by atoms with E-state index in [1.807, 2.05) is 0 Å². The third-order valence-corrected chi connectivity index (χ3v) is 5.33. The van der Waals surface area contributed by atoms with Crippen molar-refractivity contribution in [2.75, 3.05) is 13.1 Å². The minimum absolute atomic E-state index is 0.544. The lowest BCUT2D eigenvalue weighted by Gasteiger charge is -2.30. The molecule has 1 aromatic rings. The van der Waals surface area contributed by atoms with Gasteiger partial charge >= 0.3 is 0 Å². The molecule has 0 spiro atoms. The summed E-state index contributed by atoms with van der Waals surface area (Å²) in [6.45, 7) is 4.65. The van der Waals surface area contributed by atoms with Crippen molar-refractivity contribution in [3.8, 4) is 0 Å². The number of hydrogen-bond donors (Lipinski definition) is 1.